The van der Waals surface area contributed by atoms with E-state index in [2.05, 4.69) is 32.1 Å². The average molecular weight is 183 g/mol. The van der Waals surface area contributed by atoms with Gasteiger partial charge in [-0.2, -0.15) is 4.37 Å². The Kier molecular flexibility index (Phi) is 3.27. The van der Waals surface area contributed by atoms with Gasteiger partial charge in [-0.25, -0.2) is 0 Å². The first-order chi connectivity index (χ1) is 5.70. The lowest BCUT2D eigenvalue weighted by molar-refractivity contribution is 0.827. The zero-order chi connectivity index (χ0) is 9.14. The highest BCUT2D eigenvalue weighted by Crippen LogP contribution is 2.27. The molecule has 0 unspecified atom stereocenters. The molecule has 2 heteroatoms. The number of hydrogen-bond donors (Lipinski definition) is 0. The van der Waals surface area contributed by atoms with Gasteiger partial charge in [-0.05, 0) is 35.9 Å². The summed E-state index contributed by atoms with van der Waals surface area (Å²) in [6.45, 7) is 8.89. The van der Waals surface area contributed by atoms with E-state index in [0.29, 0.717) is 5.92 Å². The van der Waals surface area contributed by atoms with Crippen LogP contribution in [0.1, 0.15) is 49.7 Å². The van der Waals surface area contributed by atoms with E-state index in [4.69, 9.17) is 0 Å². The quantitative estimate of drug-likeness (QED) is 0.700. The van der Waals surface area contributed by atoms with Crippen molar-refractivity contribution in [1.82, 2.24) is 4.37 Å². The normalized spacial score (nSPS) is 11.1. The molecule has 1 aromatic heterocycles. The maximum atomic E-state index is 4.47. The third-order valence-electron chi connectivity index (χ3n) is 2.11. The lowest BCUT2D eigenvalue weighted by atomic mass is 9.99. The SMILES string of the molecule is CCc1nsc(CC)c1C(C)C. The van der Waals surface area contributed by atoms with E-state index in [1.54, 1.807) is 11.5 Å². The van der Waals surface area contributed by atoms with Crippen molar-refractivity contribution in [3.8, 4) is 0 Å². The minimum atomic E-state index is 0.633. The van der Waals surface area contributed by atoms with Crippen LogP contribution in [0.4, 0.5) is 0 Å². The predicted molar refractivity (Wildman–Crippen MR) is 55.0 cm³/mol. The van der Waals surface area contributed by atoms with Crippen LogP contribution >= 0.6 is 11.5 Å². The Bertz CT molecular complexity index is 229. The molecule has 0 amide bonds. The fraction of sp³-hybridized carbons (Fsp3) is 0.700. The van der Waals surface area contributed by atoms with Crippen molar-refractivity contribution in [3.63, 3.8) is 0 Å². The second-order valence-corrected chi connectivity index (χ2v) is 4.19. The third kappa shape index (κ3) is 1.69. The number of rotatable bonds is 3. The molecular formula is C10H17NS. The molecule has 0 spiro atoms. The number of aryl methyl sites for hydroxylation is 2. The van der Waals surface area contributed by atoms with Crippen LogP contribution in [-0.4, -0.2) is 4.37 Å². The van der Waals surface area contributed by atoms with Crippen molar-refractivity contribution >= 4 is 11.5 Å². The zero-order valence-corrected chi connectivity index (χ0v) is 9.16. The molecule has 0 atom stereocenters. The zero-order valence-electron chi connectivity index (χ0n) is 8.35. The number of hydrogen-bond acceptors (Lipinski definition) is 2. The first-order valence-electron chi connectivity index (χ1n) is 4.68. The minimum Gasteiger partial charge on any atom is -0.197 e. The summed E-state index contributed by atoms with van der Waals surface area (Å²) in [7, 11) is 0. The van der Waals surface area contributed by atoms with Crippen molar-refractivity contribution in [2.45, 2.75) is 46.5 Å². The van der Waals surface area contributed by atoms with Crippen molar-refractivity contribution in [2.75, 3.05) is 0 Å². The maximum Gasteiger partial charge on any atom is 0.0576 e. The molecule has 0 N–H and O–H groups in total. The largest absolute Gasteiger partial charge is 0.197 e. The van der Waals surface area contributed by atoms with Crippen molar-refractivity contribution in [2.24, 2.45) is 0 Å². The lowest BCUT2D eigenvalue weighted by Gasteiger charge is -2.06. The molecular weight excluding hydrogens is 166 g/mol. The van der Waals surface area contributed by atoms with E-state index in [9.17, 15) is 0 Å². The number of aromatic nitrogens is 1. The summed E-state index contributed by atoms with van der Waals surface area (Å²) < 4.78 is 4.47. The molecule has 12 heavy (non-hydrogen) atoms. The van der Waals surface area contributed by atoms with Crippen LogP contribution in [0.2, 0.25) is 0 Å². The van der Waals surface area contributed by atoms with Gasteiger partial charge in [0.05, 0.1) is 5.69 Å². The molecule has 1 heterocycles. The van der Waals surface area contributed by atoms with E-state index in [1.807, 2.05) is 0 Å². The summed E-state index contributed by atoms with van der Waals surface area (Å²) in [5.74, 6) is 0.633. The summed E-state index contributed by atoms with van der Waals surface area (Å²) in [6.07, 6.45) is 2.20. The van der Waals surface area contributed by atoms with Crippen LogP contribution < -0.4 is 0 Å². The summed E-state index contributed by atoms with van der Waals surface area (Å²) in [5, 5.41) is 0. The van der Waals surface area contributed by atoms with Crippen LogP contribution in [0.5, 0.6) is 0 Å². The molecule has 0 fully saturated rings. The summed E-state index contributed by atoms with van der Waals surface area (Å²) in [6, 6.07) is 0. The van der Waals surface area contributed by atoms with Crippen LogP contribution in [-0.2, 0) is 12.8 Å². The van der Waals surface area contributed by atoms with Crippen LogP contribution in [0.3, 0.4) is 0 Å². The highest BCUT2D eigenvalue weighted by molar-refractivity contribution is 7.06. The van der Waals surface area contributed by atoms with Crippen LogP contribution in [0.15, 0.2) is 0 Å². The molecule has 0 saturated carbocycles. The lowest BCUT2D eigenvalue weighted by Crippen LogP contribution is -1.95. The van der Waals surface area contributed by atoms with Gasteiger partial charge in [0.2, 0.25) is 0 Å². The van der Waals surface area contributed by atoms with Gasteiger partial charge in [0, 0.05) is 4.88 Å². The van der Waals surface area contributed by atoms with Crippen molar-refractivity contribution in [3.05, 3.63) is 16.1 Å². The second-order valence-electron chi connectivity index (χ2n) is 3.33. The molecule has 1 rings (SSSR count). The standard InChI is InChI=1S/C10H17NS/c1-5-8-10(7(3)4)9(6-2)12-11-8/h7H,5-6H2,1-4H3. The van der Waals surface area contributed by atoms with Gasteiger partial charge in [0.25, 0.3) is 0 Å². The van der Waals surface area contributed by atoms with Crippen molar-refractivity contribution < 1.29 is 0 Å². The molecule has 0 bridgehead atoms. The van der Waals surface area contributed by atoms with Gasteiger partial charge < -0.3 is 0 Å². The van der Waals surface area contributed by atoms with Gasteiger partial charge in [-0.3, -0.25) is 0 Å². The Hall–Kier alpha value is -0.370. The molecule has 1 aromatic rings. The minimum absolute atomic E-state index is 0.633. The smallest absolute Gasteiger partial charge is 0.0576 e. The van der Waals surface area contributed by atoms with E-state index in [0.717, 1.165) is 12.8 Å². The Labute approximate surface area is 79.0 Å². The predicted octanol–water partition coefficient (Wildman–Crippen LogP) is 3.39. The topological polar surface area (TPSA) is 12.9 Å². The summed E-state index contributed by atoms with van der Waals surface area (Å²) in [5.41, 5.74) is 2.82. The van der Waals surface area contributed by atoms with Crippen LogP contribution in [0, 0.1) is 0 Å². The Morgan fingerprint density at radius 2 is 1.92 bits per heavy atom. The Balaban J connectivity index is 3.07. The molecule has 0 aliphatic rings. The van der Waals surface area contributed by atoms with E-state index >= 15 is 0 Å². The average Bonchev–Trinajstić information content (AvgIpc) is 2.46. The van der Waals surface area contributed by atoms with Gasteiger partial charge in [0.1, 0.15) is 0 Å². The molecule has 0 aliphatic heterocycles. The first-order valence-corrected chi connectivity index (χ1v) is 5.45. The maximum absolute atomic E-state index is 4.47. The van der Waals surface area contributed by atoms with E-state index < -0.39 is 0 Å². The second kappa shape index (κ2) is 4.04. The summed E-state index contributed by atoms with van der Waals surface area (Å²) >= 11 is 1.68. The highest BCUT2D eigenvalue weighted by Gasteiger charge is 2.13. The molecule has 1 nitrogen and oxygen atoms in total. The first kappa shape index (κ1) is 9.72. The fourth-order valence-electron chi connectivity index (χ4n) is 1.53. The van der Waals surface area contributed by atoms with Gasteiger partial charge in [-0.1, -0.05) is 27.7 Å². The molecule has 0 radical (unpaired) electrons. The monoisotopic (exact) mass is 183 g/mol. The van der Waals surface area contributed by atoms with Gasteiger partial charge in [-0.15, -0.1) is 0 Å². The molecule has 0 aliphatic carbocycles. The molecule has 68 valence electrons. The fourth-order valence-corrected chi connectivity index (χ4v) is 2.56. The van der Waals surface area contributed by atoms with Gasteiger partial charge in [0.15, 0.2) is 0 Å². The number of nitrogens with zero attached hydrogens (tertiary/aromatic N) is 1. The van der Waals surface area contributed by atoms with Crippen LogP contribution in [0.25, 0.3) is 0 Å². The molecule has 0 aromatic carbocycles. The Morgan fingerprint density at radius 3 is 2.33 bits per heavy atom. The third-order valence-corrected chi connectivity index (χ3v) is 3.15. The van der Waals surface area contributed by atoms with Crippen molar-refractivity contribution in [1.29, 1.82) is 0 Å². The van der Waals surface area contributed by atoms with Gasteiger partial charge >= 0.3 is 0 Å². The van der Waals surface area contributed by atoms with E-state index in [-0.39, 0.29) is 0 Å². The Morgan fingerprint density at radius 1 is 1.25 bits per heavy atom. The van der Waals surface area contributed by atoms with E-state index in [1.165, 1.54) is 16.1 Å². The summed E-state index contributed by atoms with van der Waals surface area (Å²) in [4.78, 5) is 1.47. The molecule has 0 saturated heterocycles. The highest BCUT2D eigenvalue weighted by atomic mass is 32.1.